The lowest BCUT2D eigenvalue weighted by Gasteiger charge is -2.03. The molecule has 1 N–H and O–H groups in total. The lowest BCUT2D eigenvalue weighted by molar-refractivity contribution is 0.277. The van der Waals surface area contributed by atoms with E-state index in [4.69, 9.17) is 11.6 Å². The molecule has 3 rings (SSSR count). The fourth-order valence-corrected chi connectivity index (χ4v) is 2.15. The quantitative estimate of drug-likeness (QED) is 0.767. The fourth-order valence-electron chi connectivity index (χ4n) is 2.03. The van der Waals surface area contributed by atoms with Crippen LogP contribution in [-0.2, 0) is 6.61 Å². The zero-order valence-electron chi connectivity index (χ0n) is 9.55. The molecule has 0 spiro atoms. The third-order valence-corrected chi connectivity index (χ3v) is 3.14. The van der Waals surface area contributed by atoms with Crippen molar-refractivity contribution in [2.24, 2.45) is 0 Å². The highest BCUT2D eigenvalue weighted by atomic mass is 35.5. The molecule has 0 aliphatic rings. The van der Waals surface area contributed by atoms with Gasteiger partial charge in [0.25, 0.3) is 0 Å². The second-order valence-electron chi connectivity index (χ2n) is 4.01. The number of hydrogen-bond donors (Lipinski definition) is 1. The van der Waals surface area contributed by atoms with Crippen molar-refractivity contribution in [2.45, 2.75) is 6.61 Å². The summed E-state index contributed by atoms with van der Waals surface area (Å²) in [5.74, 6) is 0. The summed E-state index contributed by atoms with van der Waals surface area (Å²) in [6.07, 6.45) is 0. The molecule has 0 amide bonds. The van der Waals surface area contributed by atoms with Crippen molar-refractivity contribution in [3.05, 3.63) is 59.2 Å². The molecule has 0 bridgehead atoms. The average Bonchev–Trinajstić information content (AvgIpc) is 2.79. The van der Waals surface area contributed by atoms with Crippen molar-refractivity contribution in [1.29, 1.82) is 0 Å². The lowest BCUT2D eigenvalue weighted by Crippen LogP contribution is -1.96. The Labute approximate surface area is 109 Å². The van der Waals surface area contributed by atoms with Gasteiger partial charge in [0.15, 0.2) is 0 Å². The highest BCUT2D eigenvalue weighted by molar-refractivity contribution is 6.30. The summed E-state index contributed by atoms with van der Waals surface area (Å²) in [5, 5.41) is 15.4. The number of benzene rings is 2. The Morgan fingerprint density at radius 3 is 2.50 bits per heavy atom. The SMILES string of the molecule is OCc1nn(-c2ccc(Cl)cc2)c2ccccc12. The van der Waals surface area contributed by atoms with Crippen LogP contribution in [0.2, 0.25) is 5.02 Å². The van der Waals surface area contributed by atoms with E-state index >= 15 is 0 Å². The minimum Gasteiger partial charge on any atom is -0.390 e. The average molecular weight is 259 g/mol. The molecule has 4 heteroatoms. The Kier molecular flexibility index (Phi) is 2.78. The highest BCUT2D eigenvalue weighted by Crippen LogP contribution is 2.22. The second-order valence-corrected chi connectivity index (χ2v) is 4.45. The van der Waals surface area contributed by atoms with E-state index in [1.807, 2.05) is 53.2 Å². The van der Waals surface area contributed by atoms with Crippen molar-refractivity contribution in [3.63, 3.8) is 0 Å². The second kappa shape index (κ2) is 4.44. The summed E-state index contributed by atoms with van der Waals surface area (Å²) in [5.41, 5.74) is 2.58. The van der Waals surface area contributed by atoms with Crippen molar-refractivity contribution in [1.82, 2.24) is 9.78 Å². The fraction of sp³-hybridized carbons (Fsp3) is 0.0714. The molecule has 0 saturated heterocycles. The molecule has 0 atom stereocenters. The molecule has 18 heavy (non-hydrogen) atoms. The third kappa shape index (κ3) is 1.78. The maximum absolute atomic E-state index is 9.34. The van der Waals surface area contributed by atoms with Gasteiger partial charge >= 0.3 is 0 Å². The van der Waals surface area contributed by atoms with E-state index in [9.17, 15) is 5.11 Å². The molecular formula is C14H11ClN2O. The Balaban J connectivity index is 2.26. The predicted molar refractivity (Wildman–Crippen MR) is 72.0 cm³/mol. The number of nitrogens with zero attached hydrogens (tertiary/aromatic N) is 2. The van der Waals surface area contributed by atoms with E-state index in [1.165, 1.54) is 0 Å². The molecule has 0 aliphatic heterocycles. The van der Waals surface area contributed by atoms with Crippen LogP contribution >= 0.6 is 11.6 Å². The number of rotatable bonds is 2. The predicted octanol–water partition coefficient (Wildman–Crippen LogP) is 3.17. The summed E-state index contributed by atoms with van der Waals surface area (Å²) in [4.78, 5) is 0. The van der Waals surface area contributed by atoms with Crippen LogP contribution in [0, 0.1) is 0 Å². The van der Waals surface area contributed by atoms with Gasteiger partial charge in [-0.1, -0.05) is 29.8 Å². The minimum absolute atomic E-state index is 0.0684. The van der Waals surface area contributed by atoms with Gasteiger partial charge in [-0.2, -0.15) is 5.10 Å². The van der Waals surface area contributed by atoms with Gasteiger partial charge in [-0.3, -0.25) is 0 Å². The van der Waals surface area contributed by atoms with Gasteiger partial charge in [-0.15, -0.1) is 0 Å². The summed E-state index contributed by atoms with van der Waals surface area (Å²) in [7, 11) is 0. The molecule has 90 valence electrons. The van der Waals surface area contributed by atoms with Crippen LogP contribution in [0.1, 0.15) is 5.69 Å². The summed E-state index contributed by atoms with van der Waals surface area (Å²) >= 11 is 5.88. The molecule has 0 unspecified atom stereocenters. The number of aliphatic hydroxyl groups excluding tert-OH is 1. The van der Waals surface area contributed by atoms with Crippen LogP contribution in [0.25, 0.3) is 16.6 Å². The zero-order valence-corrected chi connectivity index (χ0v) is 10.3. The van der Waals surface area contributed by atoms with Gasteiger partial charge in [-0.25, -0.2) is 4.68 Å². The molecular weight excluding hydrogens is 248 g/mol. The van der Waals surface area contributed by atoms with Crippen molar-refractivity contribution >= 4 is 22.5 Å². The molecule has 0 saturated carbocycles. The number of halogens is 1. The van der Waals surface area contributed by atoms with Crippen molar-refractivity contribution in [2.75, 3.05) is 0 Å². The van der Waals surface area contributed by atoms with Crippen LogP contribution in [0.15, 0.2) is 48.5 Å². The first kappa shape index (κ1) is 11.3. The highest BCUT2D eigenvalue weighted by Gasteiger charge is 2.10. The van der Waals surface area contributed by atoms with E-state index in [-0.39, 0.29) is 6.61 Å². The van der Waals surface area contributed by atoms with E-state index in [0.29, 0.717) is 10.7 Å². The van der Waals surface area contributed by atoms with Gasteiger partial charge < -0.3 is 5.11 Å². The molecule has 2 aromatic carbocycles. The third-order valence-electron chi connectivity index (χ3n) is 2.88. The summed E-state index contributed by atoms with van der Waals surface area (Å²) in [6.45, 7) is -0.0684. The Hall–Kier alpha value is -1.84. The normalized spacial score (nSPS) is 11.0. The van der Waals surface area contributed by atoms with Crippen LogP contribution in [0.4, 0.5) is 0 Å². The maximum atomic E-state index is 9.34. The largest absolute Gasteiger partial charge is 0.390 e. The van der Waals surface area contributed by atoms with Gasteiger partial charge in [0.1, 0.15) is 0 Å². The number of hydrogen-bond acceptors (Lipinski definition) is 2. The van der Waals surface area contributed by atoms with Crippen LogP contribution < -0.4 is 0 Å². The monoisotopic (exact) mass is 258 g/mol. The van der Waals surface area contributed by atoms with E-state index < -0.39 is 0 Å². The summed E-state index contributed by atoms with van der Waals surface area (Å²) in [6, 6.07) is 15.3. The molecule has 3 nitrogen and oxygen atoms in total. The smallest absolute Gasteiger partial charge is 0.0961 e. The standard InChI is InChI=1S/C14H11ClN2O/c15-10-5-7-11(8-6-10)17-14-4-2-1-3-12(14)13(9-18)16-17/h1-8,18H,9H2. The lowest BCUT2D eigenvalue weighted by atomic mass is 10.2. The maximum Gasteiger partial charge on any atom is 0.0961 e. The number of aromatic nitrogens is 2. The van der Waals surface area contributed by atoms with Crippen molar-refractivity contribution in [3.8, 4) is 5.69 Å². The van der Waals surface area contributed by atoms with E-state index in [0.717, 1.165) is 16.6 Å². The van der Waals surface area contributed by atoms with E-state index in [2.05, 4.69) is 5.10 Å². The molecule has 1 aromatic heterocycles. The van der Waals surface area contributed by atoms with Crippen LogP contribution in [0.3, 0.4) is 0 Å². The summed E-state index contributed by atoms with van der Waals surface area (Å²) < 4.78 is 1.82. The van der Waals surface area contributed by atoms with Gasteiger partial charge in [0.2, 0.25) is 0 Å². The Morgan fingerprint density at radius 1 is 1.06 bits per heavy atom. The van der Waals surface area contributed by atoms with Gasteiger partial charge in [0.05, 0.1) is 23.5 Å². The number of fused-ring (bicyclic) bond motifs is 1. The van der Waals surface area contributed by atoms with Crippen LogP contribution in [-0.4, -0.2) is 14.9 Å². The molecule has 0 aliphatic carbocycles. The first-order valence-electron chi connectivity index (χ1n) is 5.63. The molecule has 0 fully saturated rings. The molecule has 0 radical (unpaired) electrons. The molecule has 1 heterocycles. The Bertz CT molecular complexity index is 689. The van der Waals surface area contributed by atoms with Gasteiger partial charge in [0, 0.05) is 10.4 Å². The minimum atomic E-state index is -0.0684. The topological polar surface area (TPSA) is 38.1 Å². The first-order valence-corrected chi connectivity index (χ1v) is 6.01. The van der Waals surface area contributed by atoms with Gasteiger partial charge in [-0.05, 0) is 30.3 Å². The van der Waals surface area contributed by atoms with E-state index in [1.54, 1.807) is 0 Å². The van der Waals surface area contributed by atoms with Crippen LogP contribution in [0.5, 0.6) is 0 Å². The Morgan fingerprint density at radius 2 is 1.78 bits per heavy atom. The first-order chi connectivity index (χ1) is 8.79. The number of aliphatic hydroxyl groups is 1. The molecule has 3 aromatic rings. The number of para-hydroxylation sites is 1. The zero-order chi connectivity index (χ0) is 12.5. The van der Waals surface area contributed by atoms with Crippen molar-refractivity contribution < 1.29 is 5.11 Å².